The fourth-order valence-electron chi connectivity index (χ4n) is 3.16. The van der Waals surface area contributed by atoms with Crippen LogP contribution in [0.1, 0.15) is 52.6 Å². The maximum atomic E-state index is 12.3. The number of halogens is 4. The molecule has 0 atom stereocenters. The molecule has 0 radical (unpaired) electrons. The minimum Gasteiger partial charge on any atom is -0.507 e. The van der Waals surface area contributed by atoms with E-state index in [1.54, 1.807) is 6.07 Å². The van der Waals surface area contributed by atoms with Gasteiger partial charge in [0.05, 0.1) is 28.2 Å². The normalized spacial score (nSPS) is 9.90. The highest BCUT2D eigenvalue weighted by Crippen LogP contribution is 2.32. The number of non-ortho nitro benzene ring substituents is 1. The van der Waals surface area contributed by atoms with E-state index in [9.17, 15) is 46.9 Å². The van der Waals surface area contributed by atoms with Crippen molar-refractivity contribution in [1.29, 1.82) is 5.26 Å². The van der Waals surface area contributed by atoms with Gasteiger partial charge in [0.15, 0.2) is 0 Å². The van der Waals surface area contributed by atoms with Crippen molar-refractivity contribution in [3.8, 4) is 29.1 Å². The highest BCUT2D eigenvalue weighted by atomic mass is 19.4. The van der Waals surface area contributed by atoms with Gasteiger partial charge in [-0.15, -0.1) is 0 Å². The van der Waals surface area contributed by atoms with Gasteiger partial charge in [-0.2, -0.15) is 18.4 Å². The highest BCUT2D eigenvalue weighted by Gasteiger charge is 2.31. The van der Waals surface area contributed by atoms with Crippen LogP contribution < -0.4 is 0 Å². The van der Waals surface area contributed by atoms with Crippen LogP contribution >= 0.6 is 0 Å². The Hall–Kier alpha value is -7.43. The van der Waals surface area contributed by atoms with E-state index in [-0.39, 0.29) is 33.7 Å². The fourth-order valence-corrected chi connectivity index (χ4v) is 3.16. The number of carbonyl (C=O) groups is 4. The third-order valence-corrected chi connectivity index (χ3v) is 5.52. The summed E-state index contributed by atoms with van der Waals surface area (Å²) in [4.78, 5) is 50.9. The molecule has 4 rings (SSSR count). The molecule has 0 aromatic heterocycles. The number of benzene rings is 4. The zero-order valence-electron chi connectivity index (χ0n) is 24.4. The van der Waals surface area contributed by atoms with Crippen molar-refractivity contribution in [3.05, 3.63) is 122 Å². The van der Waals surface area contributed by atoms with Crippen LogP contribution in [0.3, 0.4) is 0 Å². The number of aromatic carboxylic acids is 4. The lowest BCUT2D eigenvalue weighted by molar-refractivity contribution is -0.384. The lowest BCUT2D eigenvalue weighted by Crippen LogP contribution is -2.07. The fraction of sp³-hybridized carbons (Fsp3) is 0.0333. The van der Waals surface area contributed by atoms with Crippen molar-refractivity contribution in [3.63, 3.8) is 0 Å². The second-order valence-corrected chi connectivity index (χ2v) is 8.91. The summed E-state index contributed by atoms with van der Waals surface area (Å²) in [5, 5.41) is 88.2. The molecule has 50 heavy (non-hydrogen) atoms. The standard InChI is InChI=1S/C8H5F3O3.C8H5NO3.C7H5FO3.C7H5NO5/c9-8(10,11)4-1-2-6(12)5(3-4)7(13)14;9-4-5-1-2-7(10)6(3-5)8(11)12;8-4-1-2-5(7(10)11)6(9)3-4;9-6-3-4(8(12)13)1-2-5(6)7(10)11/h1-3,12H,(H,13,14);1-3,10H,(H,11,12);1-3,9H,(H,10,11);1-3,9H,(H,10,11). The Kier molecular flexibility index (Phi) is 14.2. The Morgan fingerprint density at radius 2 is 1.06 bits per heavy atom. The van der Waals surface area contributed by atoms with Crippen LogP contribution in [0.25, 0.3) is 0 Å². The van der Waals surface area contributed by atoms with E-state index in [1.165, 1.54) is 12.1 Å². The Morgan fingerprint density at radius 1 is 0.620 bits per heavy atom. The number of rotatable bonds is 5. The SMILES string of the molecule is N#Cc1ccc(O)c(C(=O)O)c1.O=C(O)c1cc(C(F)(F)F)ccc1O.O=C(O)c1ccc(F)cc1O.O=C(O)c1ccc([N+](=O)[O-])cc1O. The molecule has 262 valence electrons. The van der Waals surface area contributed by atoms with Gasteiger partial charge in [-0.25, -0.2) is 23.6 Å². The number of aromatic hydroxyl groups is 4. The zero-order valence-corrected chi connectivity index (χ0v) is 24.4. The molecule has 0 amide bonds. The van der Waals surface area contributed by atoms with E-state index in [0.29, 0.717) is 18.2 Å². The number of hydrogen-bond donors (Lipinski definition) is 8. The summed E-state index contributed by atoms with van der Waals surface area (Å²) in [7, 11) is 0. The Balaban J connectivity index is 0.000000335. The van der Waals surface area contributed by atoms with Gasteiger partial charge in [0.25, 0.3) is 5.69 Å². The minimum atomic E-state index is -4.61. The van der Waals surface area contributed by atoms with Crippen LogP contribution in [-0.2, 0) is 6.18 Å². The number of carboxylic acid groups (broad SMARTS) is 4. The van der Waals surface area contributed by atoms with E-state index >= 15 is 0 Å². The highest BCUT2D eigenvalue weighted by molar-refractivity contribution is 5.92. The summed E-state index contributed by atoms with van der Waals surface area (Å²) >= 11 is 0. The third kappa shape index (κ3) is 12.1. The number of nitro groups is 1. The number of phenols is 4. The summed E-state index contributed by atoms with van der Waals surface area (Å²) in [6.45, 7) is 0. The molecular weight excluding hydrogens is 688 g/mol. The lowest BCUT2D eigenvalue weighted by atomic mass is 10.1. The number of alkyl halides is 3. The first kappa shape index (κ1) is 40.6. The topological polar surface area (TPSA) is 297 Å². The predicted molar refractivity (Wildman–Crippen MR) is 157 cm³/mol. The first-order chi connectivity index (χ1) is 23.1. The molecule has 20 heteroatoms. The molecule has 0 heterocycles. The van der Waals surface area contributed by atoms with Gasteiger partial charge >= 0.3 is 30.1 Å². The molecule has 0 saturated heterocycles. The molecule has 0 bridgehead atoms. The van der Waals surface area contributed by atoms with E-state index in [4.69, 9.17) is 46.1 Å². The van der Waals surface area contributed by atoms with Crippen LogP contribution in [0.2, 0.25) is 0 Å². The number of nitro benzene ring substituents is 1. The molecule has 0 unspecified atom stereocenters. The second-order valence-electron chi connectivity index (χ2n) is 8.91. The molecule has 0 fully saturated rings. The monoisotopic (exact) mass is 708 g/mol. The smallest absolute Gasteiger partial charge is 0.416 e. The maximum Gasteiger partial charge on any atom is 0.416 e. The van der Waals surface area contributed by atoms with Gasteiger partial charge in [0.2, 0.25) is 0 Å². The minimum absolute atomic E-state index is 0.213. The zero-order chi connectivity index (χ0) is 38.5. The van der Waals surface area contributed by atoms with Crippen LogP contribution in [0.5, 0.6) is 23.0 Å². The second kappa shape index (κ2) is 17.5. The molecule has 4 aromatic carbocycles. The van der Waals surface area contributed by atoms with Crippen molar-refractivity contribution in [2.24, 2.45) is 0 Å². The van der Waals surface area contributed by atoms with Gasteiger partial charge < -0.3 is 40.9 Å². The van der Waals surface area contributed by atoms with E-state index in [1.807, 2.05) is 0 Å². The molecule has 0 aliphatic heterocycles. The average Bonchev–Trinajstić information content (AvgIpc) is 3.01. The molecule has 0 aliphatic carbocycles. The van der Waals surface area contributed by atoms with Gasteiger partial charge in [-0.3, -0.25) is 10.1 Å². The molecule has 0 spiro atoms. The molecule has 0 saturated carbocycles. The lowest BCUT2D eigenvalue weighted by Gasteiger charge is -2.07. The summed E-state index contributed by atoms with van der Waals surface area (Å²) in [6, 6.07) is 12.7. The van der Waals surface area contributed by atoms with E-state index in [2.05, 4.69) is 0 Å². The molecule has 16 nitrogen and oxygen atoms in total. The Bertz CT molecular complexity index is 1970. The van der Waals surface area contributed by atoms with Crippen LogP contribution in [-0.4, -0.2) is 69.7 Å². The van der Waals surface area contributed by atoms with Crippen LogP contribution in [0.4, 0.5) is 23.2 Å². The first-order valence-corrected chi connectivity index (χ1v) is 12.6. The van der Waals surface area contributed by atoms with Crippen molar-refractivity contribution < 1.29 is 82.5 Å². The quantitative estimate of drug-likeness (QED) is 0.0741. The molecule has 0 aliphatic rings. The average molecular weight is 708 g/mol. The van der Waals surface area contributed by atoms with Crippen molar-refractivity contribution >= 4 is 29.6 Å². The van der Waals surface area contributed by atoms with E-state index < -0.39 is 69.2 Å². The van der Waals surface area contributed by atoms with Gasteiger partial charge in [0, 0.05) is 12.1 Å². The number of carboxylic acids is 4. The summed E-state index contributed by atoms with van der Waals surface area (Å²) in [6.07, 6.45) is -4.61. The first-order valence-electron chi connectivity index (χ1n) is 12.6. The van der Waals surface area contributed by atoms with Gasteiger partial charge in [-0.1, -0.05) is 0 Å². The Morgan fingerprint density at radius 3 is 1.46 bits per heavy atom. The molecule has 4 aromatic rings. The summed E-state index contributed by atoms with van der Waals surface area (Å²) in [5.41, 5.74) is -2.91. The predicted octanol–water partition coefficient (Wildman–Crippen LogP) is 5.30. The number of nitrogens with zero attached hydrogens (tertiary/aromatic N) is 2. The molecule has 8 N–H and O–H groups in total. The third-order valence-electron chi connectivity index (χ3n) is 5.52. The van der Waals surface area contributed by atoms with Crippen LogP contribution in [0, 0.1) is 27.3 Å². The van der Waals surface area contributed by atoms with Crippen molar-refractivity contribution in [2.75, 3.05) is 0 Å². The number of nitriles is 1. The summed E-state index contributed by atoms with van der Waals surface area (Å²) in [5.74, 6) is -8.30. The van der Waals surface area contributed by atoms with Crippen molar-refractivity contribution in [1.82, 2.24) is 0 Å². The maximum absolute atomic E-state index is 12.3. The summed E-state index contributed by atoms with van der Waals surface area (Å²) < 4.78 is 48.5. The van der Waals surface area contributed by atoms with Crippen molar-refractivity contribution in [2.45, 2.75) is 6.18 Å². The molecular formula is C30H20F4N2O14. The van der Waals surface area contributed by atoms with Gasteiger partial charge in [-0.05, 0) is 54.6 Å². The van der Waals surface area contributed by atoms with Crippen LogP contribution in [0.15, 0.2) is 72.8 Å². The van der Waals surface area contributed by atoms with Gasteiger partial charge in [0.1, 0.15) is 51.1 Å². The van der Waals surface area contributed by atoms with E-state index in [0.717, 1.165) is 42.5 Å². The largest absolute Gasteiger partial charge is 0.507 e. The Labute approximate surface area is 275 Å². The number of hydrogen-bond acceptors (Lipinski definition) is 11.